The zero-order valence-electron chi connectivity index (χ0n) is 22.0. The summed E-state index contributed by atoms with van der Waals surface area (Å²) in [6.07, 6.45) is 0. The highest BCUT2D eigenvalue weighted by Crippen LogP contribution is 2.43. The Morgan fingerprint density at radius 3 is 2.31 bits per heavy atom. The maximum absolute atomic E-state index is 13.5. The Morgan fingerprint density at radius 2 is 1.69 bits per heavy atom. The van der Waals surface area contributed by atoms with E-state index >= 15 is 0 Å². The van der Waals surface area contributed by atoms with Gasteiger partial charge in [-0.25, -0.2) is 4.79 Å². The van der Waals surface area contributed by atoms with Gasteiger partial charge in [0.25, 0.3) is 11.7 Å². The van der Waals surface area contributed by atoms with E-state index in [1.165, 1.54) is 31.3 Å². The standard InChI is InChI=1S/C30H28ClNO7/c1-5-39-30(36)19-11-9-18(10-12-19)16-32-26(20-8-6-7-17(2)13-20)25(28(34)29(32)35)27(33)21-14-24(38-4)22(31)15-23(21)37-3/h6-15,26,33H,5,16H2,1-4H3/b27-25+. The minimum atomic E-state index is -0.888. The molecule has 1 heterocycles. The van der Waals surface area contributed by atoms with Crippen molar-refractivity contribution in [1.29, 1.82) is 0 Å². The molecule has 0 radical (unpaired) electrons. The first-order valence-electron chi connectivity index (χ1n) is 12.2. The molecular weight excluding hydrogens is 522 g/mol. The summed E-state index contributed by atoms with van der Waals surface area (Å²) in [7, 11) is 2.84. The molecule has 9 heteroatoms. The number of ketones is 1. The molecule has 1 fully saturated rings. The molecule has 0 aliphatic carbocycles. The van der Waals surface area contributed by atoms with Crippen molar-refractivity contribution in [2.45, 2.75) is 26.4 Å². The van der Waals surface area contributed by atoms with E-state index in [-0.39, 0.29) is 40.8 Å². The van der Waals surface area contributed by atoms with Crippen LogP contribution in [0, 0.1) is 6.92 Å². The highest BCUT2D eigenvalue weighted by atomic mass is 35.5. The molecular formula is C30H28ClNO7. The fourth-order valence-corrected chi connectivity index (χ4v) is 4.81. The Morgan fingerprint density at radius 1 is 1.00 bits per heavy atom. The van der Waals surface area contributed by atoms with Crippen molar-refractivity contribution < 1.29 is 33.7 Å². The van der Waals surface area contributed by atoms with Crippen LogP contribution in [0.4, 0.5) is 0 Å². The third kappa shape index (κ3) is 5.47. The van der Waals surface area contributed by atoms with Crippen LogP contribution in [0.15, 0.2) is 66.2 Å². The number of benzene rings is 3. The summed E-state index contributed by atoms with van der Waals surface area (Å²) < 4.78 is 15.7. The predicted octanol–water partition coefficient (Wildman–Crippen LogP) is 5.46. The fraction of sp³-hybridized carbons (Fsp3) is 0.233. The van der Waals surface area contributed by atoms with E-state index in [2.05, 4.69) is 0 Å². The van der Waals surface area contributed by atoms with Gasteiger partial charge in [-0.05, 0) is 43.2 Å². The number of likely N-dealkylation sites (tertiary alicyclic amines) is 1. The second-order valence-electron chi connectivity index (χ2n) is 8.95. The number of methoxy groups -OCH3 is 2. The summed E-state index contributed by atoms with van der Waals surface area (Å²) in [6, 6.07) is 16.0. The average molecular weight is 550 g/mol. The number of hydrogen-bond acceptors (Lipinski definition) is 7. The van der Waals surface area contributed by atoms with Crippen LogP contribution in [0.25, 0.3) is 5.76 Å². The maximum Gasteiger partial charge on any atom is 0.338 e. The number of Topliss-reactive ketones (excluding diaryl/α,β-unsaturated/α-hetero) is 1. The van der Waals surface area contributed by atoms with Gasteiger partial charge >= 0.3 is 5.97 Å². The first kappa shape index (κ1) is 27.7. The number of aliphatic hydroxyl groups is 1. The van der Waals surface area contributed by atoms with Crippen LogP contribution in [0.1, 0.15) is 45.6 Å². The van der Waals surface area contributed by atoms with E-state index in [9.17, 15) is 19.5 Å². The van der Waals surface area contributed by atoms with Gasteiger partial charge < -0.3 is 24.2 Å². The van der Waals surface area contributed by atoms with Gasteiger partial charge in [-0.3, -0.25) is 9.59 Å². The number of aryl methyl sites for hydroxylation is 1. The number of amides is 1. The molecule has 0 spiro atoms. The Bertz CT molecular complexity index is 1460. The van der Waals surface area contributed by atoms with Crippen molar-refractivity contribution >= 4 is 35.0 Å². The van der Waals surface area contributed by atoms with Gasteiger partial charge in [-0.2, -0.15) is 0 Å². The molecule has 0 aromatic heterocycles. The number of hydrogen-bond donors (Lipinski definition) is 1. The summed E-state index contributed by atoms with van der Waals surface area (Å²) in [5.74, 6) is -1.98. The minimum absolute atomic E-state index is 0.0597. The minimum Gasteiger partial charge on any atom is -0.507 e. The van der Waals surface area contributed by atoms with Gasteiger partial charge in [0.1, 0.15) is 17.3 Å². The molecule has 1 atom stereocenters. The monoisotopic (exact) mass is 549 g/mol. The van der Waals surface area contributed by atoms with Gasteiger partial charge in [0.15, 0.2) is 0 Å². The Kier molecular flexibility index (Phi) is 8.26. The quantitative estimate of drug-likeness (QED) is 0.172. The van der Waals surface area contributed by atoms with Crippen molar-refractivity contribution in [1.82, 2.24) is 4.90 Å². The molecule has 0 saturated carbocycles. The third-order valence-electron chi connectivity index (χ3n) is 6.44. The number of carbonyl (C=O) groups excluding carboxylic acids is 3. The van der Waals surface area contributed by atoms with Crippen molar-refractivity contribution in [2.75, 3.05) is 20.8 Å². The number of rotatable bonds is 8. The summed E-state index contributed by atoms with van der Waals surface area (Å²) in [5, 5.41) is 11.8. The average Bonchev–Trinajstić information content (AvgIpc) is 3.18. The normalized spacial score (nSPS) is 16.3. The van der Waals surface area contributed by atoms with Gasteiger partial charge in [-0.1, -0.05) is 53.6 Å². The van der Waals surface area contributed by atoms with E-state index < -0.39 is 29.5 Å². The van der Waals surface area contributed by atoms with Crippen LogP contribution < -0.4 is 9.47 Å². The number of halogens is 1. The smallest absolute Gasteiger partial charge is 0.338 e. The van der Waals surface area contributed by atoms with Crippen molar-refractivity contribution in [3.8, 4) is 11.5 Å². The van der Waals surface area contributed by atoms with E-state index in [0.29, 0.717) is 16.7 Å². The van der Waals surface area contributed by atoms with Crippen molar-refractivity contribution in [3.63, 3.8) is 0 Å². The van der Waals surface area contributed by atoms with E-state index in [0.717, 1.165) is 5.56 Å². The number of ether oxygens (including phenoxy) is 3. The molecule has 1 saturated heterocycles. The summed E-state index contributed by atoms with van der Waals surface area (Å²) in [4.78, 5) is 40.3. The topological polar surface area (TPSA) is 102 Å². The van der Waals surface area contributed by atoms with Crippen LogP contribution >= 0.6 is 11.6 Å². The molecule has 0 bridgehead atoms. The van der Waals surface area contributed by atoms with Crippen molar-refractivity contribution in [3.05, 3.63) is 99.1 Å². The molecule has 3 aromatic rings. The SMILES string of the molecule is CCOC(=O)c1ccc(CN2C(=O)C(=O)/C(=C(/O)c3cc(OC)c(Cl)cc3OC)C2c2cccc(C)c2)cc1. The van der Waals surface area contributed by atoms with Crippen LogP contribution in [0.5, 0.6) is 11.5 Å². The zero-order valence-corrected chi connectivity index (χ0v) is 22.7. The van der Waals surface area contributed by atoms with Gasteiger partial charge in [0.05, 0.1) is 48.6 Å². The Balaban J connectivity index is 1.84. The molecule has 1 unspecified atom stereocenters. The largest absolute Gasteiger partial charge is 0.507 e. The van der Waals surface area contributed by atoms with Crippen LogP contribution in [-0.2, 0) is 20.9 Å². The van der Waals surface area contributed by atoms with E-state index in [1.807, 2.05) is 25.1 Å². The molecule has 4 rings (SSSR count). The van der Waals surface area contributed by atoms with E-state index in [4.69, 9.17) is 25.8 Å². The van der Waals surface area contributed by atoms with Crippen molar-refractivity contribution in [2.24, 2.45) is 0 Å². The van der Waals surface area contributed by atoms with Gasteiger partial charge in [0.2, 0.25) is 0 Å². The fourth-order valence-electron chi connectivity index (χ4n) is 4.58. The zero-order chi connectivity index (χ0) is 28.3. The molecule has 39 heavy (non-hydrogen) atoms. The maximum atomic E-state index is 13.5. The molecule has 1 aliphatic rings. The Hall–Kier alpha value is -4.30. The molecule has 8 nitrogen and oxygen atoms in total. The lowest BCUT2D eigenvalue weighted by Crippen LogP contribution is -2.29. The summed E-state index contributed by atoms with van der Waals surface area (Å²) >= 11 is 6.24. The number of carbonyl (C=O) groups is 3. The highest BCUT2D eigenvalue weighted by Gasteiger charge is 2.46. The first-order chi connectivity index (χ1) is 18.7. The lowest BCUT2D eigenvalue weighted by Gasteiger charge is -2.26. The first-order valence-corrected chi connectivity index (χ1v) is 12.6. The summed E-state index contributed by atoms with van der Waals surface area (Å²) in [6.45, 7) is 3.94. The second-order valence-corrected chi connectivity index (χ2v) is 9.35. The molecule has 1 N–H and O–H groups in total. The predicted molar refractivity (Wildman–Crippen MR) is 146 cm³/mol. The number of aliphatic hydroxyl groups excluding tert-OH is 1. The van der Waals surface area contributed by atoms with Gasteiger partial charge in [-0.15, -0.1) is 0 Å². The number of esters is 1. The summed E-state index contributed by atoms with van der Waals surface area (Å²) in [5.41, 5.74) is 2.71. The van der Waals surface area contributed by atoms with Gasteiger partial charge in [0, 0.05) is 12.6 Å². The van der Waals surface area contributed by atoms with Crippen LogP contribution in [0.2, 0.25) is 5.02 Å². The number of nitrogens with zero attached hydrogens (tertiary/aromatic N) is 1. The molecule has 202 valence electrons. The highest BCUT2D eigenvalue weighted by molar-refractivity contribution is 6.46. The van der Waals surface area contributed by atoms with Crippen LogP contribution in [-0.4, -0.2) is 48.5 Å². The lowest BCUT2D eigenvalue weighted by molar-refractivity contribution is -0.140. The second kappa shape index (κ2) is 11.6. The van der Waals surface area contributed by atoms with E-state index in [1.54, 1.807) is 37.3 Å². The third-order valence-corrected chi connectivity index (χ3v) is 6.74. The Labute approximate surface area is 231 Å². The molecule has 3 aromatic carbocycles. The lowest BCUT2D eigenvalue weighted by atomic mass is 9.94. The van der Waals surface area contributed by atoms with Crippen LogP contribution in [0.3, 0.4) is 0 Å². The molecule has 1 aliphatic heterocycles. The molecule has 1 amide bonds.